The summed E-state index contributed by atoms with van der Waals surface area (Å²) < 4.78 is 8.67. The molecule has 77 heavy (non-hydrogen) atoms. The van der Waals surface area contributed by atoms with Crippen LogP contribution in [0.5, 0.6) is 0 Å². The fraction of sp³-hybridized carbons (Fsp3) is 0.284. The Morgan fingerprint density at radius 2 is 0.974 bits per heavy atom. The number of carboxylic acid groups (broad SMARTS) is 1. The molecule has 2 aromatic heterocycles. The van der Waals surface area contributed by atoms with E-state index in [-0.39, 0.29) is 24.1 Å². The van der Waals surface area contributed by atoms with Gasteiger partial charge in [-0.2, -0.15) is 10.2 Å². The molecule has 8 aromatic rings. The van der Waals surface area contributed by atoms with Crippen molar-refractivity contribution in [1.82, 2.24) is 19.6 Å². The molecule has 10 rings (SSSR count). The van der Waals surface area contributed by atoms with Crippen LogP contribution in [0.25, 0.3) is 34.4 Å². The number of aryl methyl sites for hydroxylation is 2. The number of hydrogen-bond acceptors (Lipinski definition) is 7. The molecule has 0 saturated carbocycles. The van der Waals surface area contributed by atoms with E-state index in [4.69, 9.17) is 9.84 Å². The second kappa shape index (κ2) is 23.8. The average molecular weight is 1030 g/mol. The Hall–Kier alpha value is -8.24. The van der Waals surface area contributed by atoms with Gasteiger partial charge in [-0.3, -0.25) is 9.36 Å². The van der Waals surface area contributed by atoms with Crippen LogP contribution in [0.2, 0.25) is 0 Å². The Balaban J connectivity index is 0.000000188. The summed E-state index contributed by atoms with van der Waals surface area (Å²) in [5.41, 5.74) is 19.4. The molecule has 6 aromatic carbocycles. The van der Waals surface area contributed by atoms with E-state index < -0.39 is 5.97 Å². The number of rotatable bonds is 14. The highest BCUT2D eigenvalue weighted by Gasteiger charge is 2.35. The second-order valence-electron chi connectivity index (χ2n) is 21.1. The highest BCUT2D eigenvalue weighted by molar-refractivity contribution is 5.87. The minimum absolute atomic E-state index is 0.0450. The maximum atomic E-state index is 11.6. The largest absolute Gasteiger partial charge is 0.478 e. The van der Waals surface area contributed by atoms with Gasteiger partial charge in [-0.15, -0.1) is 0 Å². The minimum Gasteiger partial charge on any atom is -0.478 e. The van der Waals surface area contributed by atoms with Gasteiger partial charge in [0.2, 0.25) is 0 Å². The molecule has 0 aliphatic carbocycles. The normalized spacial score (nSPS) is 17.1. The number of nitrogens with zero attached hydrogens (tertiary/aromatic N) is 6. The zero-order valence-electron chi connectivity index (χ0n) is 46.0. The van der Waals surface area contributed by atoms with Gasteiger partial charge in [0.25, 0.3) is 0 Å². The van der Waals surface area contributed by atoms with Gasteiger partial charge in [-0.05, 0) is 156 Å². The molecular weight excluding hydrogens is 953 g/mol. The molecule has 1 N–H and O–H groups in total. The van der Waals surface area contributed by atoms with E-state index >= 15 is 0 Å². The zero-order valence-corrected chi connectivity index (χ0v) is 46.0. The maximum absolute atomic E-state index is 11.6. The Morgan fingerprint density at radius 1 is 0.571 bits per heavy atom. The highest BCUT2D eigenvalue weighted by atomic mass is 16.5. The van der Waals surface area contributed by atoms with Crippen molar-refractivity contribution >= 4 is 35.5 Å². The summed E-state index contributed by atoms with van der Waals surface area (Å²) in [5.74, 6) is -0.317. The molecule has 4 heterocycles. The summed E-state index contributed by atoms with van der Waals surface area (Å²) >= 11 is 0. The summed E-state index contributed by atoms with van der Waals surface area (Å²) in [4.78, 5) is 27.6. The first-order valence-corrected chi connectivity index (χ1v) is 27.2. The van der Waals surface area contributed by atoms with E-state index in [9.17, 15) is 9.59 Å². The molecule has 0 bridgehead atoms. The number of carbonyl (C=O) groups is 2. The second-order valence-corrected chi connectivity index (χ2v) is 21.1. The first-order chi connectivity index (χ1) is 37.2. The fourth-order valence-electron chi connectivity index (χ4n) is 11.0. The first kappa shape index (κ1) is 53.6. The predicted molar refractivity (Wildman–Crippen MR) is 313 cm³/mol. The number of aliphatic carboxylic acids is 1. The Kier molecular flexibility index (Phi) is 16.5. The lowest BCUT2D eigenvalue weighted by Gasteiger charge is -2.44. The average Bonchev–Trinajstić information content (AvgIpc) is 4.19. The number of fused-ring (bicyclic) bond motifs is 2. The third-order valence-electron chi connectivity index (χ3n) is 15.2. The fourth-order valence-corrected chi connectivity index (χ4v) is 11.0. The molecule has 0 spiro atoms. The molecule has 4 atom stereocenters. The topological polar surface area (TPSA) is 106 Å². The van der Waals surface area contributed by atoms with Crippen LogP contribution < -0.4 is 9.80 Å². The van der Waals surface area contributed by atoms with E-state index in [1.54, 1.807) is 12.2 Å². The van der Waals surface area contributed by atoms with Crippen LogP contribution in [0.4, 0.5) is 11.4 Å². The van der Waals surface area contributed by atoms with E-state index in [0.29, 0.717) is 17.9 Å². The van der Waals surface area contributed by atoms with Gasteiger partial charge in [0, 0.05) is 72.2 Å². The van der Waals surface area contributed by atoms with Gasteiger partial charge >= 0.3 is 11.9 Å². The quantitative estimate of drug-likeness (QED) is 0.0848. The summed E-state index contributed by atoms with van der Waals surface area (Å²) in [6.07, 6.45) is 16.1. The first-order valence-electron chi connectivity index (χ1n) is 27.2. The lowest BCUT2D eigenvalue weighted by molar-refractivity contribution is -0.135. The van der Waals surface area contributed by atoms with Gasteiger partial charge in [0.1, 0.15) is 0 Å². The van der Waals surface area contributed by atoms with Crippen molar-refractivity contribution in [3.8, 4) is 22.3 Å². The Bertz CT molecular complexity index is 3370. The molecule has 0 saturated heterocycles. The molecule has 2 aliphatic rings. The molecule has 0 amide bonds. The Labute approximate surface area is 455 Å². The standard InChI is InChI=1S/C34H37N3O2.C33H35N3O2/c1-6-36-22-30(21-35-36)28-14-17-32-29(20-28)19-24(4)37(31-15-12-26(13-16-31)23(2)3)34(32)27-10-7-25(8-11-27)9-18-33(38)39-5;1-5-35-21-29(20-34-35)27-13-16-31-28(19-27)18-23(4)36(30-14-11-25(12-15-30)22(2)3)33(31)26-9-6-24(7-10-26)8-17-32(37)38/h7-18,20-24,34H,6,19H2,1-5H3;6-17,19-23,33H,5,18H2,1-4H3,(H,37,38)/b18-9+;17-8+. The van der Waals surface area contributed by atoms with Crippen molar-refractivity contribution < 1.29 is 19.4 Å². The van der Waals surface area contributed by atoms with E-state index in [2.05, 4.69) is 209 Å². The number of benzene rings is 6. The number of carboxylic acids is 1. The SMILES string of the molecule is CCn1cc(-c2ccc3c(c2)CC(C)N(c2ccc(C(C)C)cc2)C3c2ccc(/C=C/C(=O)O)cc2)cn1.CCn1cc(-c2ccc3c(c2)CC(C)N(c2ccc(C(C)C)cc2)C3c2ccc(/C=C/C(=O)OC)cc2)cn1. The molecule has 2 aliphatic heterocycles. The van der Waals surface area contributed by atoms with Crippen molar-refractivity contribution in [2.45, 2.75) is 117 Å². The van der Waals surface area contributed by atoms with Gasteiger partial charge in [0.15, 0.2) is 0 Å². The van der Waals surface area contributed by atoms with Crippen LogP contribution in [-0.2, 0) is 40.3 Å². The summed E-state index contributed by atoms with van der Waals surface area (Å²) in [6.45, 7) is 19.4. The van der Waals surface area contributed by atoms with Crippen LogP contribution in [0, 0.1) is 0 Å². The third-order valence-corrected chi connectivity index (χ3v) is 15.2. The molecule has 4 unspecified atom stereocenters. The number of esters is 1. The summed E-state index contributed by atoms with van der Waals surface area (Å²) in [5, 5.41) is 18.0. The third kappa shape index (κ3) is 12.1. The number of methoxy groups -OCH3 is 1. The van der Waals surface area contributed by atoms with Crippen molar-refractivity contribution in [2.75, 3.05) is 16.9 Å². The molecule has 10 heteroatoms. The smallest absolute Gasteiger partial charge is 0.330 e. The number of anilines is 2. The summed E-state index contributed by atoms with van der Waals surface area (Å²) in [7, 11) is 1.39. The van der Waals surface area contributed by atoms with E-state index in [0.717, 1.165) is 48.2 Å². The van der Waals surface area contributed by atoms with E-state index in [1.807, 2.05) is 33.9 Å². The molecular formula is C67H72N6O4. The van der Waals surface area contributed by atoms with Gasteiger partial charge in [0.05, 0.1) is 31.6 Å². The van der Waals surface area contributed by atoms with E-state index in [1.165, 1.54) is 86.3 Å². The van der Waals surface area contributed by atoms with Crippen molar-refractivity contribution in [1.29, 1.82) is 0 Å². The van der Waals surface area contributed by atoms with Gasteiger partial charge in [-0.1, -0.05) is 137 Å². The van der Waals surface area contributed by atoms with Crippen LogP contribution >= 0.6 is 0 Å². The Morgan fingerprint density at radius 3 is 1.32 bits per heavy atom. The van der Waals surface area contributed by atoms with Crippen molar-refractivity contribution in [3.63, 3.8) is 0 Å². The number of hydrogen-bond donors (Lipinski definition) is 1. The zero-order chi connectivity index (χ0) is 54.3. The van der Waals surface area contributed by atoms with Crippen molar-refractivity contribution in [3.05, 3.63) is 226 Å². The van der Waals surface area contributed by atoms with Crippen LogP contribution in [0.15, 0.2) is 170 Å². The van der Waals surface area contributed by atoms with Crippen LogP contribution in [-0.4, -0.2) is 55.8 Å². The number of carbonyl (C=O) groups excluding carboxylic acids is 1. The lowest BCUT2D eigenvalue weighted by atomic mass is 9.83. The van der Waals surface area contributed by atoms with Gasteiger partial charge < -0.3 is 19.6 Å². The number of ether oxygens (including phenoxy) is 1. The number of aromatic nitrogens is 4. The highest BCUT2D eigenvalue weighted by Crippen LogP contribution is 2.44. The monoisotopic (exact) mass is 1020 g/mol. The molecule has 0 fully saturated rings. The van der Waals surface area contributed by atoms with Crippen molar-refractivity contribution in [2.24, 2.45) is 0 Å². The lowest BCUT2D eigenvalue weighted by Crippen LogP contribution is -2.42. The minimum atomic E-state index is -0.944. The van der Waals surface area contributed by atoms with Crippen LogP contribution in [0.1, 0.15) is 135 Å². The molecule has 394 valence electrons. The summed E-state index contributed by atoms with van der Waals surface area (Å²) in [6, 6.07) is 49.2. The predicted octanol–water partition coefficient (Wildman–Crippen LogP) is 14.8. The van der Waals surface area contributed by atoms with Gasteiger partial charge in [-0.25, -0.2) is 9.59 Å². The molecule has 0 radical (unpaired) electrons. The van der Waals surface area contributed by atoms with Crippen LogP contribution in [0.3, 0.4) is 0 Å². The maximum Gasteiger partial charge on any atom is 0.330 e. The molecule has 10 nitrogen and oxygen atoms in total.